The Kier molecular flexibility index (Phi) is 4.88. The van der Waals surface area contributed by atoms with Gasteiger partial charge in [-0.05, 0) is 18.9 Å². The third-order valence-corrected chi connectivity index (χ3v) is 5.91. The van der Waals surface area contributed by atoms with Gasteiger partial charge in [-0.1, -0.05) is 30.3 Å². The number of ether oxygens (including phenoxy) is 1. The largest absolute Gasteiger partial charge is 0.379 e. The van der Waals surface area contributed by atoms with Crippen molar-refractivity contribution in [2.45, 2.75) is 23.7 Å². The summed E-state index contributed by atoms with van der Waals surface area (Å²) >= 11 is 12.3. The van der Waals surface area contributed by atoms with E-state index in [-0.39, 0.29) is 11.9 Å². The number of hydrogen-bond acceptors (Lipinski definition) is 3. The first-order chi connectivity index (χ1) is 10.9. The molecule has 2 fully saturated rings. The predicted octanol–water partition coefficient (Wildman–Crippen LogP) is 2.76. The number of hydrogen-bond donors (Lipinski definition) is 1. The maximum absolute atomic E-state index is 12.6. The Hall–Kier alpha value is -0.810. The Bertz CT molecular complexity index is 561. The van der Waals surface area contributed by atoms with Crippen LogP contribution in [0, 0.1) is 5.41 Å². The highest BCUT2D eigenvalue weighted by Gasteiger charge is 2.68. The van der Waals surface area contributed by atoms with Crippen LogP contribution in [0.15, 0.2) is 30.3 Å². The number of benzene rings is 1. The van der Waals surface area contributed by atoms with E-state index in [1.54, 1.807) is 0 Å². The second-order valence-electron chi connectivity index (χ2n) is 6.56. The van der Waals surface area contributed by atoms with Crippen molar-refractivity contribution in [1.82, 2.24) is 10.2 Å². The molecule has 6 heteroatoms. The maximum Gasteiger partial charge on any atom is 0.229 e. The van der Waals surface area contributed by atoms with Crippen LogP contribution in [-0.4, -0.2) is 48.0 Å². The number of nitrogens with one attached hydrogen (secondary N) is 1. The van der Waals surface area contributed by atoms with Crippen molar-refractivity contribution in [1.29, 1.82) is 0 Å². The molecule has 1 aromatic carbocycles. The quantitative estimate of drug-likeness (QED) is 0.824. The molecule has 1 aliphatic carbocycles. The summed E-state index contributed by atoms with van der Waals surface area (Å²) in [6.45, 7) is 5.81. The van der Waals surface area contributed by atoms with Gasteiger partial charge in [-0.15, -0.1) is 23.2 Å². The summed E-state index contributed by atoms with van der Waals surface area (Å²) in [4.78, 5) is 15.0. The summed E-state index contributed by atoms with van der Waals surface area (Å²) < 4.78 is 4.45. The first kappa shape index (κ1) is 17.0. The normalized spacial score (nSPS) is 28.1. The second kappa shape index (κ2) is 6.60. The summed E-state index contributed by atoms with van der Waals surface area (Å²) in [5, 5.41) is 3.15. The molecule has 1 amide bonds. The number of rotatable bonds is 5. The van der Waals surface area contributed by atoms with Crippen molar-refractivity contribution >= 4 is 29.1 Å². The molecule has 1 saturated carbocycles. The van der Waals surface area contributed by atoms with Gasteiger partial charge in [-0.3, -0.25) is 9.69 Å². The van der Waals surface area contributed by atoms with Crippen LogP contribution in [0.5, 0.6) is 0 Å². The molecule has 4 nitrogen and oxygen atoms in total. The van der Waals surface area contributed by atoms with Crippen LogP contribution >= 0.6 is 23.2 Å². The van der Waals surface area contributed by atoms with Gasteiger partial charge in [0.25, 0.3) is 0 Å². The van der Waals surface area contributed by atoms with Crippen LogP contribution in [0.2, 0.25) is 0 Å². The Balaban J connectivity index is 1.71. The average molecular weight is 357 g/mol. The van der Waals surface area contributed by atoms with Gasteiger partial charge in [0.2, 0.25) is 5.91 Å². The van der Waals surface area contributed by atoms with Gasteiger partial charge in [-0.2, -0.15) is 0 Å². The fourth-order valence-electron chi connectivity index (χ4n) is 2.93. The summed E-state index contributed by atoms with van der Waals surface area (Å²) in [5.41, 5.74) is 0.389. The van der Waals surface area contributed by atoms with E-state index in [0.29, 0.717) is 6.42 Å². The summed E-state index contributed by atoms with van der Waals surface area (Å²) in [6, 6.07) is 9.94. The van der Waals surface area contributed by atoms with E-state index in [0.717, 1.165) is 38.4 Å². The van der Waals surface area contributed by atoms with E-state index in [9.17, 15) is 4.79 Å². The molecule has 1 aromatic rings. The lowest BCUT2D eigenvalue weighted by Gasteiger charge is -2.31. The van der Waals surface area contributed by atoms with Crippen LogP contribution in [0.3, 0.4) is 0 Å². The molecule has 1 aliphatic heterocycles. The van der Waals surface area contributed by atoms with Gasteiger partial charge in [0.15, 0.2) is 0 Å². The van der Waals surface area contributed by atoms with Crippen molar-refractivity contribution in [2.24, 2.45) is 5.41 Å². The van der Waals surface area contributed by atoms with Crippen LogP contribution in [0.1, 0.15) is 24.9 Å². The number of alkyl halides is 2. The molecule has 1 saturated heterocycles. The monoisotopic (exact) mass is 356 g/mol. The van der Waals surface area contributed by atoms with E-state index >= 15 is 0 Å². The van der Waals surface area contributed by atoms with Gasteiger partial charge in [0.1, 0.15) is 4.33 Å². The van der Waals surface area contributed by atoms with Gasteiger partial charge in [0.05, 0.1) is 24.7 Å². The summed E-state index contributed by atoms with van der Waals surface area (Å²) in [6.07, 6.45) is 0.494. The number of carbonyl (C=O) groups is 1. The highest BCUT2D eigenvalue weighted by atomic mass is 35.5. The second-order valence-corrected chi connectivity index (χ2v) is 8.05. The molecule has 23 heavy (non-hydrogen) atoms. The van der Waals surface area contributed by atoms with E-state index in [1.807, 2.05) is 37.3 Å². The first-order valence-corrected chi connectivity index (χ1v) is 8.72. The Labute approximate surface area is 147 Å². The Morgan fingerprint density at radius 2 is 1.91 bits per heavy atom. The maximum atomic E-state index is 12.6. The highest BCUT2D eigenvalue weighted by molar-refractivity contribution is 6.53. The molecule has 3 rings (SSSR count). The molecule has 2 unspecified atom stereocenters. The Morgan fingerprint density at radius 3 is 2.48 bits per heavy atom. The van der Waals surface area contributed by atoms with E-state index in [1.165, 1.54) is 0 Å². The Morgan fingerprint density at radius 1 is 1.30 bits per heavy atom. The van der Waals surface area contributed by atoms with E-state index in [4.69, 9.17) is 27.9 Å². The lowest BCUT2D eigenvalue weighted by Crippen LogP contribution is -2.45. The topological polar surface area (TPSA) is 41.6 Å². The third-order valence-electron chi connectivity index (χ3n) is 4.81. The molecule has 1 heterocycles. The number of carbonyl (C=O) groups excluding carboxylic acids is 1. The van der Waals surface area contributed by atoms with Crippen LogP contribution in [0.4, 0.5) is 0 Å². The summed E-state index contributed by atoms with van der Waals surface area (Å²) in [7, 11) is 0. The molecule has 0 radical (unpaired) electrons. The standard InChI is InChI=1S/C17H22Cl2N2O2/c1-16(12-17(16,18)19)15(22)20-14(13-5-3-2-4-6-13)11-21-7-9-23-10-8-21/h2-6,14H,7-12H2,1H3,(H,20,22). The molecular formula is C17H22Cl2N2O2. The molecule has 126 valence electrons. The zero-order chi connectivity index (χ0) is 16.5. The minimum Gasteiger partial charge on any atom is -0.379 e. The third kappa shape index (κ3) is 3.66. The van der Waals surface area contributed by atoms with Crippen LogP contribution in [0.25, 0.3) is 0 Å². The molecule has 1 N–H and O–H groups in total. The summed E-state index contributed by atoms with van der Waals surface area (Å²) in [5.74, 6) is -0.0791. The zero-order valence-electron chi connectivity index (χ0n) is 13.2. The number of amides is 1. The highest BCUT2D eigenvalue weighted by Crippen LogP contribution is 2.63. The van der Waals surface area contributed by atoms with Gasteiger partial charge in [-0.25, -0.2) is 0 Å². The lowest BCUT2D eigenvalue weighted by molar-refractivity contribution is -0.126. The van der Waals surface area contributed by atoms with Crippen molar-refractivity contribution in [3.05, 3.63) is 35.9 Å². The number of morpholine rings is 1. The molecular weight excluding hydrogens is 335 g/mol. The minimum atomic E-state index is -0.947. The van der Waals surface area contributed by atoms with Crippen molar-refractivity contribution in [3.8, 4) is 0 Å². The molecule has 0 spiro atoms. The van der Waals surface area contributed by atoms with Gasteiger partial charge in [0, 0.05) is 19.6 Å². The zero-order valence-corrected chi connectivity index (χ0v) is 14.7. The van der Waals surface area contributed by atoms with E-state index in [2.05, 4.69) is 10.2 Å². The molecule has 0 aromatic heterocycles. The lowest BCUT2D eigenvalue weighted by atomic mass is 10.0. The van der Waals surface area contributed by atoms with E-state index < -0.39 is 9.75 Å². The van der Waals surface area contributed by atoms with Gasteiger partial charge >= 0.3 is 0 Å². The van der Waals surface area contributed by atoms with Gasteiger partial charge < -0.3 is 10.1 Å². The number of halogens is 2. The van der Waals surface area contributed by atoms with Crippen molar-refractivity contribution < 1.29 is 9.53 Å². The molecule has 2 atom stereocenters. The van der Waals surface area contributed by atoms with Crippen LogP contribution in [-0.2, 0) is 9.53 Å². The number of nitrogens with zero attached hydrogens (tertiary/aromatic N) is 1. The fraction of sp³-hybridized carbons (Fsp3) is 0.588. The molecule has 0 bridgehead atoms. The smallest absolute Gasteiger partial charge is 0.229 e. The predicted molar refractivity (Wildman–Crippen MR) is 91.7 cm³/mol. The fourth-order valence-corrected chi connectivity index (χ4v) is 3.63. The van der Waals surface area contributed by atoms with Crippen molar-refractivity contribution in [3.63, 3.8) is 0 Å². The van der Waals surface area contributed by atoms with Crippen molar-refractivity contribution in [2.75, 3.05) is 32.8 Å². The minimum absolute atomic E-state index is 0.0791. The van der Waals surface area contributed by atoms with Crippen LogP contribution < -0.4 is 5.32 Å². The first-order valence-electron chi connectivity index (χ1n) is 7.96. The average Bonchev–Trinajstić information content (AvgIpc) is 3.08. The molecule has 2 aliphatic rings. The SMILES string of the molecule is CC1(C(=O)NC(CN2CCOCC2)c2ccccc2)CC1(Cl)Cl.